The maximum atomic E-state index is 11.6. The zero-order chi connectivity index (χ0) is 11.4. The summed E-state index contributed by atoms with van der Waals surface area (Å²) in [6.45, 7) is 2.85. The molecule has 4 heteroatoms. The van der Waals surface area contributed by atoms with E-state index in [2.05, 4.69) is 11.9 Å². The second-order valence-electron chi connectivity index (χ2n) is 3.66. The van der Waals surface area contributed by atoms with Gasteiger partial charge in [-0.3, -0.25) is 4.79 Å². The molecule has 0 aromatic carbocycles. The smallest absolute Gasteiger partial charge is 0.266 e. The molecule has 0 saturated carbocycles. The minimum Gasteiger partial charge on any atom is -0.268 e. The van der Waals surface area contributed by atoms with Gasteiger partial charge in [-0.15, -0.1) is 0 Å². The minimum atomic E-state index is 0.0269. The van der Waals surface area contributed by atoms with Crippen molar-refractivity contribution < 1.29 is 0 Å². The zero-order valence-electron chi connectivity index (χ0n) is 9.34. The van der Waals surface area contributed by atoms with Crippen LogP contribution in [0.5, 0.6) is 0 Å². The number of nitrogens with zero attached hydrogens (tertiary/aromatic N) is 3. The van der Waals surface area contributed by atoms with Gasteiger partial charge in [0.25, 0.3) is 5.56 Å². The Bertz CT molecular complexity index is 498. The fourth-order valence-corrected chi connectivity index (χ4v) is 1.62. The molecule has 0 aliphatic heterocycles. The van der Waals surface area contributed by atoms with Gasteiger partial charge in [-0.25, -0.2) is 14.3 Å². The molecule has 0 unspecified atom stereocenters. The Labute approximate surface area is 94.1 Å². The van der Waals surface area contributed by atoms with Gasteiger partial charge in [0.05, 0.1) is 0 Å². The molecule has 0 atom stereocenters. The summed E-state index contributed by atoms with van der Waals surface area (Å²) in [5, 5.41) is 0. The maximum absolute atomic E-state index is 11.6. The average Bonchev–Trinajstić information content (AvgIpc) is 2.69. The number of pyridine rings is 1. The van der Waals surface area contributed by atoms with Gasteiger partial charge in [-0.05, 0) is 18.6 Å². The van der Waals surface area contributed by atoms with E-state index in [-0.39, 0.29) is 5.56 Å². The van der Waals surface area contributed by atoms with Crippen molar-refractivity contribution in [3.8, 4) is 5.82 Å². The summed E-state index contributed by atoms with van der Waals surface area (Å²) in [7, 11) is 0. The van der Waals surface area contributed by atoms with E-state index < -0.39 is 0 Å². The van der Waals surface area contributed by atoms with E-state index in [4.69, 9.17) is 0 Å². The van der Waals surface area contributed by atoms with Gasteiger partial charge in [0, 0.05) is 25.0 Å². The van der Waals surface area contributed by atoms with Crippen molar-refractivity contribution >= 4 is 0 Å². The van der Waals surface area contributed by atoms with Crippen LogP contribution >= 0.6 is 0 Å². The highest BCUT2D eigenvalue weighted by atomic mass is 16.1. The molecule has 0 fully saturated rings. The Morgan fingerprint density at radius 2 is 2.19 bits per heavy atom. The van der Waals surface area contributed by atoms with Crippen molar-refractivity contribution in [1.29, 1.82) is 0 Å². The monoisotopic (exact) mass is 217 g/mol. The van der Waals surface area contributed by atoms with Gasteiger partial charge in [0.2, 0.25) is 0 Å². The molecule has 4 nitrogen and oxygen atoms in total. The lowest BCUT2D eigenvalue weighted by molar-refractivity contribution is 0.504. The summed E-state index contributed by atoms with van der Waals surface area (Å²) in [5.74, 6) is 0.778. The molecule has 0 radical (unpaired) electrons. The van der Waals surface area contributed by atoms with Crippen molar-refractivity contribution in [2.45, 2.75) is 26.3 Å². The Kier molecular flexibility index (Phi) is 3.19. The van der Waals surface area contributed by atoms with Crippen LogP contribution in [-0.4, -0.2) is 14.3 Å². The van der Waals surface area contributed by atoms with Gasteiger partial charge in [-0.1, -0.05) is 19.4 Å². The van der Waals surface area contributed by atoms with Gasteiger partial charge in [0.1, 0.15) is 0 Å². The second kappa shape index (κ2) is 4.79. The molecule has 0 amide bonds. The van der Waals surface area contributed by atoms with Crippen molar-refractivity contribution in [3.63, 3.8) is 0 Å². The predicted molar refractivity (Wildman–Crippen MR) is 62.7 cm³/mol. The molecule has 0 aliphatic carbocycles. The van der Waals surface area contributed by atoms with E-state index in [0.29, 0.717) is 0 Å². The third kappa shape index (κ3) is 2.05. The molecular weight excluding hydrogens is 202 g/mol. The van der Waals surface area contributed by atoms with E-state index in [9.17, 15) is 4.79 Å². The first kappa shape index (κ1) is 10.7. The molecule has 2 aromatic heterocycles. The molecule has 0 N–H and O–H groups in total. The van der Waals surface area contributed by atoms with E-state index >= 15 is 0 Å². The lowest BCUT2D eigenvalue weighted by atomic mass is 10.3. The molecule has 0 bridgehead atoms. The lowest BCUT2D eigenvalue weighted by Gasteiger charge is -2.09. The van der Waals surface area contributed by atoms with Crippen LogP contribution in [0.25, 0.3) is 5.82 Å². The highest BCUT2D eigenvalue weighted by Crippen LogP contribution is 2.02. The molecule has 84 valence electrons. The number of hydrogen-bond acceptors (Lipinski definition) is 2. The first-order chi connectivity index (χ1) is 7.83. The molecule has 0 spiro atoms. The van der Waals surface area contributed by atoms with Crippen LogP contribution in [0, 0.1) is 0 Å². The van der Waals surface area contributed by atoms with Gasteiger partial charge in [-0.2, -0.15) is 0 Å². The van der Waals surface area contributed by atoms with E-state index in [1.165, 1.54) is 0 Å². The number of aromatic nitrogens is 3. The van der Waals surface area contributed by atoms with Gasteiger partial charge >= 0.3 is 0 Å². The van der Waals surface area contributed by atoms with E-state index in [0.717, 1.165) is 25.2 Å². The highest BCUT2D eigenvalue weighted by Gasteiger charge is 2.04. The third-order valence-electron chi connectivity index (χ3n) is 2.48. The Hall–Kier alpha value is -1.84. The summed E-state index contributed by atoms with van der Waals surface area (Å²) in [4.78, 5) is 15.9. The van der Waals surface area contributed by atoms with Gasteiger partial charge in [0.15, 0.2) is 5.82 Å². The molecule has 2 aromatic rings. The standard InChI is InChI=1S/C12H15N3O/c1-2-3-9-15-12(16)7-10-14(15)11-6-4-5-8-13-11/h4-8,10H,2-3,9H2,1H3. The molecule has 2 rings (SSSR count). The maximum Gasteiger partial charge on any atom is 0.266 e. The van der Waals surface area contributed by atoms with Crippen LogP contribution in [0.1, 0.15) is 19.8 Å². The zero-order valence-corrected chi connectivity index (χ0v) is 9.34. The SMILES string of the molecule is CCCCn1c(=O)ccn1-c1ccccn1. The van der Waals surface area contributed by atoms with Crippen LogP contribution < -0.4 is 5.56 Å². The van der Waals surface area contributed by atoms with Crippen molar-refractivity contribution in [2.75, 3.05) is 0 Å². The Morgan fingerprint density at radius 1 is 1.31 bits per heavy atom. The molecular formula is C12H15N3O. The van der Waals surface area contributed by atoms with Crippen molar-refractivity contribution in [3.05, 3.63) is 47.0 Å². The molecule has 0 saturated heterocycles. The van der Waals surface area contributed by atoms with Crippen molar-refractivity contribution in [1.82, 2.24) is 14.3 Å². The normalized spacial score (nSPS) is 10.6. The van der Waals surface area contributed by atoms with E-state index in [1.54, 1.807) is 27.8 Å². The highest BCUT2D eigenvalue weighted by molar-refractivity contribution is 5.20. The topological polar surface area (TPSA) is 39.8 Å². The summed E-state index contributed by atoms with van der Waals surface area (Å²) >= 11 is 0. The second-order valence-corrected chi connectivity index (χ2v) is 3.66. The van der Waals surface area contributed by atoms with E-state index in [1.807, 2.05) is 18.2 Å². The van der Waals surface area contributed by atoms with Crippen LogP contribution in [0.4, 0.5) is 0 Å². The Morgan fingerprint density at radius 3 is 2.88 bits per heavy atom. The van der Waals surface area contributed by atoms with Crippen LogP contribution in [0.3, 0.4) is 0 Å². The molecule has 0 aliphatic rings. The summed E-state index contributed by atoms with van der Waals surface area (Å²) < 4.78 is 3.52. The summed E-state index contributed by atoms with van der Waals surface area (Å²) in [5.41, 5.74) is 0.0269. The van der Waals surface area contributed by atoms with Crippen LogP contribution in [-0.2, 0) is 6.54 Å². The molecule has 16 heavy (non-hydrogen) atoms. The first-order valence-corrected chi connectivity index (χ1v) is 5.53. The summed E-state index contributed by atoms with van der Waals surface area (Å²) in [6.07, 6.45) is 5.56. The quantitative estimate of drug-likeness (QED) is 0.783. The number of rotatable bonds is 4. The van der Waals surface area contributed by atoms with Crippen molar-refractivity contribution in [2.24, 2.45) is 0 Å². The number of hydrogen-bond donors (Lipinski definition) is 0. The molecule has 2 heterocycles. The minimum absolute atomic E-state index is 0.0269. The summed E-state index contributed by atoms with van der Waals surface area (Å²) in [6, 6.07) is 7.24. The predicted octanol–water partition coefficient (Wildman–Crippen LogP) is 1.83. The van der Waals surface area contributed by atoms with Gasteiger partial charge < -0.3 is 0 Å². The largest absolute Gasteiger partial charge is 0.268 e. The van der Waals surface area contributed by atoms with Crippen LogP contribution in [0.15, 0.2) is 41.5 Å². The first-order valence-electron chi connectivity index (χ1n) is 5.53. The average molecular weight is 217 g/mol. The fourth-order valence-electron chi connectivity index (χ4n) is 1.62. The fraction of sp³-hybridized carbons (Fsp3) is 0.333. The third-order valence-corrected chi connectivity index (χ3v) is 2.48. The lowest BCUT2D eigenvalue weighted by Crippen LogP contribution is -2.22. The number of unbranched alkanes of at least 4 members (excludes halogenated alkanes) is 1. The van der Waals surface area contributed by atoms with Crippen LogP contribution in [0.2, 0.25) is 0 Å². The Balaban J connectivity index is 2.38.